The molecule has 1 fully saturated rings. The molecule has 1 aliphatic heterocycles. The number of carbonyl (C=O) groups is 1. The highest BCUT2D eigenvalue weighted by molar-refractivity contribution is 5.87. The van der Waals surface area contributed by atoms with Crippen LogP contribution in [0.1, 0.15) is 6.92 Å². The Morgan fingerprint density at radius 1 is 1.82 bits per heavy atom. The van der Waals surface area contributed by atoms with Gasteiger partial charge in [-0.3, -0.25) is 4.79 Å². The van der Waals surface area contributed by atoms with E-state index in [1.54, 1.807) is 4.90 Å². The summed E-state index contributed by atoms with van der Waals surface area (Å²) in [5, 5.41) is 0. The molecule has 0 spiro atoms. The van der Waals surface area contributed by atoms with Crippen molar-refractivity contribution in [1.82, 2.24) is 4.90 Å². The van der Waals surface area contributed by atoms with Crippen molar-refractivity contribution in [2.45, 2.75) is 13.0 Å². The normalized spacial score (nSPS) is 24.8. The molecule has 1 heterocycles. The average Bonchev–Trinajstić information content (AvgIpc) is 2.04. The highest BCUT2D eigenvalue weighted by Gasteiger charge is 2.21. The summed E-state index contributed by atoms with van der Waals surface area (Å²) in [4.78, 5) is 12.9. The van der Waals surface area contributed by atoms with Crippen molar-refractivity contribution in [2.75, 3.05) is 19.8 Å². The van der Waals surface area contributed by atoms with E-state index in [2.05, 4.69) is 6.58 Å². The summed E-state index contributed by atoms with van der Waals surface area (Å²) in [5.74, 6) is 0.000741. The van der Waals surface area contributed by atoms with Crippen LogP contribution in [0.5, 0.6) is 0 Å². The van der Waals surface area contributed by atoms with Crippen molar-refractivity contribution in [3.8, 4) is 0 Å². The molecule has 0 bridgehead atoms. The molecule has 0 saturated carbocycles. The van der Waals surface area contributed by atoms with E-state index in [-0.39, 0.29) is 11.9 Å². The van der Waals surface area contributed by atoms with Gasteiger partial charge in [-0.05, 0) is 13.0 Å². The summed E-state index contributed by atoms with van der Waals surface area (Å²) in [7, 11) is 0. The molecule has 1 aliphatic rings. The molecule has 1 atom stereocenters. The number of hydrogen-bond donors (Lipinski definition) is 0. The maximum Gasteiger partial charge on any atom is 0.246 e. The van der Waals surface area contributed by atoms with Crippen molar-refractivity contribution < 1.29 is 9.53 Å². The third kappa shape index (κ3) is 1.80. The van der Waals surface area contributed by atoms with E-state index in [1.807, 2.05) is 6.92 Å². The highest BCUT2D eigenvalue weighted by Crippen LogP contribution is 2.05. The zero-order valence-corrected chi connectivity index (χ0v) is 6.75. The second-order valence-electron chi connectivity index (χ2n) is 2.66. The first-order valence-electron chi connectivity index (χ1n) is 3.76. The number of hydrogen-bond acceptors (Lipinski definition) is 2. The van der Waals surface area contributed by atoms with Gasteiger partial charge in [0.25, 0.3) is 0 Å². The first-order valence-corrected chi connectivity index (χ1v) is 3.76. The summed E-state index contributed by atoms with van der Waals surface area (Å²) >= 11 is 0. The van der Waals surface area contributed by atoms with Crippen LogP contribution >= 0.6 is 0 Å². The maximum absolute atomic E-state index is 11.1. The standard InChI is InChI=1S/C8H13NO2/c1-3-8(10)9-4-5-11-6-7(9)2/h3,7H,1,4-6H2,2H3/t7-/m0/s1. The minimum Gasteiger partial charge on any atom is -0.377 e. The lowest BCUT2D eigenvalue weighted by molar-refractivity contribution is -0.133. The lowest BCUT2D eigenvalue weighted by Crippen LogP contribution is -2.46. The largest absolute Gasteiger partial charge is 0.377 e. The Morgan fingerprint density at radius 2 is 2.55 bits per heavy atom. The summed E-state index contributed by atoms with van der Waals surface area (Å²) in [5.41, 5.74) is 0. The van der Waals surface area contributed by atoms with Gasteiger partial charge in [0.15, 0.2) is 0 Å². The van der Waals surface area contributed by atoms with E-state index in [1.165, 1.54) is 6.08 Å². The third-order valence-electron chi connectivity index (χ3n) is 1.83. The minimum absolute atomic E-state index is 0.000741. The number of rotatable bonds is 1. The van der Waals surface area contributed by atoms with E-state index >= 15 is 0 Å². The predicted molar refractivity (Wildman–Crippen MR) is 42.2 cm³/mol. The first kappa shape index (κ1) is 8.27. The van der Waals surface area contributed by atoms with E-state index < -0.39 is 0 Å². The number of nitrogens with zero attached hydrogens (tertiary/aromatic N) is 1. The molecule has 0 aromatic heterocycles. The fourth-order valence-corrected chi connectivity index (χ4v) is 1.17. The molecule has 0 aromatic carbocycles. The van der Waals surface area contributed by atoms with Crippen LogP contribution in [0.15, 0.2) is 12.7 Å². The van der Waals surface area contributed by atoms with Gasteiger partial charge in [-0.25, -0.2) is 0 Å². The quantitative estimate of drug-likeness (QED) is 0.513. The Morgan fingerprint density at radius 3 is 3.09 bits per heavy atom. The lowest BCUT2D eigenvalue weighted by atomic mass is 10.2. The van der Waals surface area contributed by atoms with E-state index in [0.717, 1.165) is 0 Å². The van der Waals surface area contributed by atoms with Crippen LogP contribution in [0.2, 0.25) is 0 Å². The van der Waals surface area contributed by atoms with Crippen molar-refractivity contribution in [2.24, 2.45) is 0 Å². The van der Waals surface area contributed by atoms with Gasteiger partial charge in [0, 0.05) is 6.54 Å². The SMILES string of the molecule is C=CC(=O)N1CCOC[C@@H]1C. The fraction of sp³-hybridized carbons (Fsp3) is 0.625. The number of morpholine rings is 1. The molecule has 11 heavy (non-hydrogen) atoms. The van der Waals surface area contributed by atoms with E-state index in [9.17, 15) is 4.79 Å². The molecule has 0 N–H and O–H groups in total. The second kappa shape index (κ2) is 3.53. The molecule has 0 aromatic rings. The van der Waals surface area contributed by atoms with Crippen molar-refractivity contribution >= 4 is 5.91 Å². The molecular formula is C8H13NO2. The minimum atomic E-state index is 0.000741. The van der Waals surface area contributed by atoms with Crippen LogP contribution in [0.25, 0.3) is 0 Å². The zero-order chi connectivity index (χ0) is 8.27. The smallest absolute Gasteiger partial charge is 0.246 e. The highest BCUT2D eigenvalue weighted by atomic mass is 16.5. The van der Waals surface area contributed by atoms with Crippen molar-refractivity contribution in [3.63, 3.8) is 0 Å². The monoisotopic (exact) mass is 155 g/mol. The van der Waals surface area contributed by atoms with E-state index in [0.29, 0.717) is 19.8 Å². The molecule has 1 rings (SSSR count). The molecule has 0 unspecified atom stereocenters. The molecule has 3 heteroatoms. The topological polar surface area (TPSA) is 29.5 Å². The Bertz CT molecular complexity index is 167. The van der Waals surface area contributed by atoms with Crippen molar-refractivity contribution in [3.05, 3.63) is 12.7 Å². The van der Waals surface area contributed by atoms with Gasteiger partial charge in [-0.1, -0.05) is 6.58 Å². The molecule has 0 radical (unpaired) electrons. The van der Waals surface area contributed by atoms with Crippen LogP contribution in [0.3, 0.4) is 0 Å². The molecular weight excluding hydrogens is 142 g/mol. The van der Waals surface area contributed by atoms with Gasteiger partial charge >= 0.3 is 0 Å². The lowest BCUT2D eigenvalue weighted by Gasteiger charge is -2.32. The zero-order valence-electron chi connectivity index (χ0n) is 6.75. The molecule has 1 saturated heterocycles. The maximum atomic E-state index is 11.1. The Balaban J connectivity index is 2.53. The first-order chi connectivity index (χ1) is 5.25. The van der Waals surface area contributed by atoms with Crippen LogP contribution < -0.4 is 0 Å². The van der Waals surface area contributed by atoms with Crippen LogP contribution in [-0.2, 0) is 9.53 Å². The van der Waals surface area contributed by atoms with Crippen LogP contribution in [0.4, 0.5) is 0 Å². The Labute approximate surface area is 66.6 Å². The van der Waals surface area contributed by atoms with Crippen LogP contribution in [0, 0.1) is 0 Å². The molecule has 0 aliphatic carbocycles. The van der Waals surface area contributed by atoms with Gasteiger partial charge in [0.05, 0.1) is 19.3 Å². The van der Waals surface area contributed by atoms with E-state index in [4.69, 9.17) is 4.74 Å². The van der Waals surface area contributed by atoms with Gasteiger partial charge in [0.2, 0.25) is 5.91 Å². The summed E-state index contributed by atoms with van der Waals surface area (Å²) in [6.07, 6.45) is 1.35. The Hall–Kier alpha value is -0.830. The van der Waals surface area contributed by atoms with Crippen molar-refractivity contribution in [1.29, 1.82) is 0 Å². The number of amides is 1. The van der Waals surface area contributed by atoms with Gasteiger partial charge in [0.1, 0.15) is 0 Å². The molecule has 62 valence electrons. The Kier molecular flexibility index (Phi) is 2.65. The number of carbonyl (C=O) groups excluding carboxylic acids is 1. The molecule has 1 amide bonds. The summed E-state index contributed by atoms with van der Waals surface area (Å²) in [6, 6.07) is 0.189. The summed E-state index contributed by atoms with van der Waals surface area (Å²) in [6.45, 7) is 7.38. The van der Waals surface area contributed by atoms with Gasteiger partial charge in [-0.2, -0.15) is 0 Å². The fourth-order valence-electron chi connectivity index (χ4n) is 1.17. The van der Waals surface area contributed by atoms with Crippen LogP contribution in [-0.4, -0.2) is 36.6 Å². The predicted octanol–water partition coefficient (Wildman–Crippen LogP) is 0.420. The average molecular weight is 155 g/mol. The second-order valence-corrected chi connectivity index (χ2v) is 2.66. The summed E-state index contributed by atoms with van der Waals surface area (Å²) < 4.78 is 5.18. The number of ether oxygens (including phenoxy) is 1. The van der Waals surface area contributed by atoms with Gasteiger partial charge < -0.3 is 9.64 Å². The third-order valence-corrected chi connectivity index (χ3v) is 1.83. The molecule has 3 nitrogen and oxygen atoms in total. The van der Waals surface area contributed by atoms with Gasteiger partial charge in [-0.15, -0.1) is 0 Å².